The summed E-state index contributed by atoms with van der Waals surface area (Å²) in [6.07, 6.45) is 3.45. The summed E-state index contributed by atoms with van der Waals surface area (Å²) in [5, 5.41) is 7.02. The molecule has 1 aromatic carbocycles. The summed E-state index contributed by atoms with van der Waals surface area (Å²) in [6, 6.07) is 7.39. The molecule has 0 saturated carbocycles. The first-order valence-electron chi connectivity index (χ1n) is 7.83. The molecule has 124 valence electrons. The number of benzene rings is 1. The molecule has 2 aromatic heterocycles. The molecule has 1 N–H and O–H groups in total. The fourth-order valence-electron chi connectivity index (χ4n) is 2.48. The first kappa shape index (κ1) is 16.0. The topological polar surface area (TPSA) is 68.5 Å². The highest BCUT2D eigenvalue weighted by molar-refractivity contribution is 6.05. The zero-order chi connectivity index (χ0) is 17.3. The van der Waals surface area contributed by atoms with Gasteiger partial charge < -0.3 is 10.1 Å². The quantitative estimate of drug-likeness (QED) is 0.799. The average molecular weight is 324 g/mol. The van der Waals surface area contributed by atoms with E-state index in [2.05, 4.69) is 15.4 Å². The maximum absolute atomic E-state index is 12.6. The second-order valence-electron chi connectivity index (χ2n) is 5.97. The van der Waals surface area contributed by atoms with Crippen molar-refractivity contribution in [1.82, 2.24) is 14.6 Å². The molecular weight excluding hydrogens is 304 g/mol. The Bertz CT molecular complexity index is 899. The lowest BCUT2D eigenvalue weighted by Gasteiger charge is -2.14. The van der Waals surface area contributed by atoms with E-state index >= 15 is 0 Å². The number of fused-ring (bicyclic) bond motifs is 1. The molecule has 24 heavy (non-hydrogen) atoms. The number of anilines is 1. The van der Waals surface area contributed by atoms with E-state index in [1.54, 1.807) is 23.0 Å². The summed E-state index contributed by atoms with van der Waals surface area (Å²) < 4.78 is 7.30. The molecule has 3 aromatic rings. The first-order valence-corrected chi connectivity index (χ1v) is 7.83. The molecule has 0 spiro atoms. The maximum atomic E-state index is 12.6. The summed E-state index contributed by atoms with van der Waals surface area (Å²) in [4.78, 5) is 16.9. The standard InChI is InChI=1S/C18H20N4O2/c1-11(2)24-16-6-5-14(9-12(16)3)21-18(23)15-10-22-17(7-8-19-22)20-13(15)4/h5-11H,1-4H3,(H,21,23). The van der Waals surface area contributed by atoms with Crippen molar-refractivity contribution in [2.24, 2.45) is 0 Å². The number of aryl methyl sites for hydroxylation is 2. The van der Waals surface area contributed by atoms with Crippen molar-refractivity contribution < 1.29 is 9.53 Å². The highest BCUT2D eigenvalue weighted by atomic mass is 16.5. The number of carbonyl (C=O) groups excluding carboxylic acids is 1. The smallest absolute Gasteiger partial charge is 0.259 e. The predicted molar refractivity (Wildman–Crippen MR) is 92.6 cm³/mol. The molecule has 1 amide bonds. The molecule has 3 rings (SSSR count). The molecule has 0 aliphatic carbocycles. The van der Waals surface area contributed by atoms with Crippen LogP contribution in [-0.2, 0) is 0 Å². The van der Waals surface area contributed by atoms with Crippen LogP contribution in [0.4, 0.5) is 5.69 Å². The van der Waals surface area contributed by atoms with Crippen LogP contribution in [0.1, 0.15) is 35.5 Å². The van der Waals surface area contributed by atoms with Crippen molar-refractivity contribution in [3.8, 4) is 5.75 Å². The molecule has 0 fully saturated rings. The molecule has 0 unspecified atom stereocenters. The van der Waals surface area contributed by atoms with Crippen molar-refractivity contribution in [2.75, 3.05) is 5.32 Å². The lowest BCUT2D eigenvalue weighted by molar-refractivity contribution is 0.102. The van der Waals surface area contributed by atoms with Crippen LogP contribution in [-0.4, -0.2) is 26.6 Å². The molecule has 0 saturated heterocycles. The van der Waals surface area contributed by atoms with E-state index in [9.17, 15) is 4.79 Å². The summed E-state index contributed by atoms with van der Waals surface area (Å²) >= 11 is 0. The van der Waals surface area contributed by atoms with Gasteiger partial charge in [-0.15, -0.1) is 0 Å². The molecule has 6 heteroatoms. The molecule has 0 aliphatic rings. The Hall–Kier alpha value is -2.89. The highest BCUT2D eigenvalue weighted by Crippen LogP contribution is 2.23. The van der Waals surface area contributed by atoms with Crippen LogP contribution in [0, 0.1) is 13.8 Å². The van der Waals surface area contributed by atoms with Gasteiger partial charge in [0.25, 0.3) is 5.91 Å². The number of nitrogens with zero attached hydrogens (tertiary/aromatic N) is 3. The maximum Gasteiger partial charge on any atom is 0.259 e. The van der Waals surface area contributed by atoms with Gasteiger partial charge in [-0.05, 0) is 51.5 Å². The third-order valence-electron chi connectivity index (χ3n) is 3.61. The van der Waals surface area contributed by atoms with Crippen LogP contribution in [0.5, 0.6) is 5.75 Å². The van der Waals surface area contributed by atoms with Crippen LogP contribution in [0.15, 0.2) is 36.7 Å². The SMILES string of the molecule is Cc1cc(NC(=O)c2cn3nccc3nc2C)ccc1OC(C)C. The second kappa shape index (κ2) is 6.31. The summed E-state index contributed by atoms with van der Waals surface area (Å²) in [6.45, 7) is 7.73. The Morgan fingerprint density at radius 3 is 2.75 bits per heavy atom. The molecule has 6 nitrogen and oxygen atoms in total. The third-order valence-corrected chi connectivity index (χ3v) is 3.61. The van der Waals surface area contributed by atoms with Gasteiger partial charge in [0.05, 0.1) is 23.6 Å². The average Bonchev–Trinajstić information content (AvgIpc) is 2.95. The van der Waals surface area contributed by atoms with Gasteiger partial charge in [0.1, 0.15) is 5.75 Å². The minimum absolute atomic E-state index is 0.110. The van der Waals surface area contributed by atoms with Gasteiger partial charge in [-0.25, -0.2) is 9.50 Å². The van der Waals surface area contributed by atoms with Gasteiger partial charge in [-0.2, -0.15) is 5.10 Å². The minimum Gasteiger partial charge on any atom is -0.491 e. The number of nitrogens with one attached hydrogen (secondary N) is 1. The lowest BCUT2D eigenvalue weighted by Crippen LogP contribution is -2.16. The van der Waals surface area contributed by atoms with Crippen LogP contribution in [0.2, 0.25) is 0 Å². The zero-order valence-electron chi connectivity index (χ0n) is 14.2. The predicted octanol–water partition coefficient (Wildman–Crippen LogP) is 3.39. The Kier molecular flexibility index (Phi) is 4.20. The van der Waals surface area contributed by atoms with Gasteiger partial charge in [0, 0.05) is 18.0 Å². The summed E-state index contributed by atoms with van der Waals surface area (Å²) in [5.74, 6) is 0.605. The number of hydrogen-bond donors (Lipinski definition) is 1. The van der Waals surface area contributed by atoms with E-state index in [1.807, 2.05) is 45.9 Å². The monoisotopic (exact) mass is 324 g/mol. The van der Waals surface area contributed by atoms with E-state index in [0.717, 1.165) is 17.0 Å². The number of aromatic nitrogens is 3. The number of ether oxygens (including phenoxy) is 1. The fraction of sp³-hybridized carbons (Fsp3) is 0.278. The van der Waals surface area contributed by atoms with E-state index < -0.39 is 0 Å². The number of amides is 1. The van der Waals surface area contributed by atoms with Gasteiger partial charge in [-0.1, -0.05) is 0 Å². The van der Waals surface area contributed by atoms with Crippen molar-refractivity contribution in [2.45, 2.75) is 33.8 Å². The van der Waals surface area contributed by atoms with Gasteiger partial charge >= 0.3 is 0 Å². The van der Waals surface area contributed by atoms with Crippen molar-refractivity contribution in [3.05, 3.63) is 53.5 Å². The van der Waals surface area contributed by atoms with Crippen LogP contribution in [0.3, 0.4) is 0 Å². The van der Waals surface area contributed by atoms with Crippen molar-refractivity contribution >= 4 is 17.2 Å². The normalized spacial score (nSPS) is 11.0. The van der Waals surface area contributed by atoms with Gasteiger partial charge in [-0.3, -0.25) is 4.79 Å². The van der Waals surface area contributed by atoms with Gasteiger partial charge in [0.2, 0.25) is 0 Å². The largest absolute Gasteiger partial charge is 0.491 e. The Balaban J connectivity index is 1.83. The van der Waals surface area contributed by atoms with Crippen LogP contribution < -0.4 is 10.1 Å². The molecule has 0 radical (unpaired) electrons. The number of rotatable bonds is 4. The fourth-order valence-corrected chi connectivity index (χ4v) is 2.48. The van der Waals surface area contributed by atoms with E-state index in [1.165, 1.54) is 0 Å². The number of hydrogen-bond acceptors (Lipinski definition) is 4. The minimum atomic E-state index is -0.214. The van der Waals surface area contributed by atoms with Crippen molar-refractivity contribution in [3.63, 3.8) is 0 Å². The second-order valence-corrected chi connectivity index (χ2v) is 5.97. The molecular formula is C18H20N4O2. The van der Waals surface area contributed by atoms with Crippen LogP contribution >= 0.6 is 0 Å². The van der Waals surface area contributed by atoms with E-state index in [-0.39, 0.29) is 12.0 Å². The van der Waals surface area contributed by atoms with E-state index in [0.29, 0.717) is 16.9 Å². The van der Waals surface area contributed by atoms with Gasteiger partial charge in [0.15, 0.2) is 5.65 Å². The molecule has 0 aliphatic heterocycles. The van der Waals surface area contributed by atoms with E-state index in [4.69, 9.17) is 4.74 Å². The molecule has 0 atom stereocenters. The Morgan fingerprint density at radius 1 is 1.25 bits per heavy atom. The third kappa shape index (κ3) is 3.22. The summed E-state index contributed by atoms with van der Waals surface area (Å²) in [5.41, 5.74) is 3.56. The molecule has 2 heterocycles. The number of carbonyl (C=O) groups is 1. The summed E-state index contributed by atoms with van der Waals surface area (Å²) in [7, 11) is 0. The lowest BCUT2D eigenvalue weighted by atomic mass is 10.1. The zero-order valence-corrected chi connectivity index (χ0v) is 14.2. The Morgan fingerprint density at radius 2 is 2.04 bits per heavy atom. The van der Waals surface area contributed by atoms with Crippen molar-refractivity contribution in [1.29, 1.82) is 0 Å². The van der Waals surface area contributed by atoms with Crippen LogP contribution in [0.25, 0.3) is 5.65 Å². The highest BCUT2D eigenvalue weighted by Gasteiger charge is 2.13. The Labute approximate surface area is 140 Å². The molecule has 0 bridgehead atoms. The first-order chi connectivity index (χ1) is 11.4.